The van der Waals surface area contributed by atoms with E-state index in [1.165, 1.54) is 0 Å². The number of amides is 1. The van der Waals surface area contributed by atoms with Crippen molar-refractivity contribution in [2.24, 2.45) is 0 Å². The summed E-state index contributed by atoms with van der Waals surface area (Å²) in [5.74, 6) is -0.479. The van der Waals surface area contributed by atoms with Crippen molar-refractivity contribution in [1.29, 1.82) is 0 Å². The maximum atomic E-state index is 12.4. The van der Waals surface area contributed by atoms with Crippen molar-refractivity contribution in [3.05, 3.63) is 89.5 Å². The van der Waals surface area contributed by atoms with Crippen molar-refractivity contribution in [2.45, 2.75) is 12.5 Å². The molecule has 0 fully saturated rings. The molecule has 3 aromatic rings. The van der Waals surface area contributed by atoms with Gasteiger partial charge in [-0.05, 0) is 47.4 Å². The average molecular weight is 513 g/mol. The molecular formula is C27H32N2O6S. The normalized spacial score (nSPS) is 12.2. The van der Waals surface area contributed by atoms with Gasteiger partial charge in [0.15, 0.2) is 0 Å². The molecule has 0 heterocycles. The monoisotopic (exact) mass is 512 g/mol. The van der Waals surface area contributed by atoms with Gasteiger partial charge in [-0.3, -0.25) is 4.79 Å². The minimum Gasteiger partial charge on any atom is -0.490 e. The largest absolute Gasteiger partial charge is 0.490 e. The second-order valence-electron chi connectivity index (χ2n) is 8.33. The molecule has 0 saturated heterocycles. The van der Waals surface area contributed by atoms with Gasteiger partial charge in [-0.2, -0.15) is 0 Å². The van der Waals surface area contributed by atoms with Crippen LogP contribution in [0.15, 0.2) is 72.8 Å². The van der Waals surface area contributed by atoms with E-state index >= 15 is 0 Å². The van der Waals surface area contributed by atoms with Crippen molar-refractivity contribution < 1.29 is 27.8 Å². The SMILES string of the molecule is COCCOc1cc(-c2ccc(CCNC[C@H](O)c3ccccc3)cc2)ccc1C(=O)NS(C)(=O)=O. The van der Waals surface area contributed by atoms with Crippen LogP contribution in [0.3, 0.4) is 0 Å². The fourth-order valence-corrected chi connectivity index (χ4v) is 4.04. The number of hydrogen-bond acceptors (Lipinski definition) is 7. The zero-order valence-electron chi connectivity index (χ0n) is 20.4. The number of hydrogen-bond donors (Lipinski definition) is 3. The molecule has 0 unspecified atom stereocenters. The summed E-state index contributed by atoms with van der Waals surface area (Å²) in [7, 11) is -2.17. The topological polar surface area (TPSA) is 114 Å². The van der Waals surface area contributed by atoms with E-state index in [9.17, 15) is 18.3 Å². The molecule has 9 heteroatoms. The van der Waals surface area contributed by atoms with E-state index in [-0.39, 0.29) is 17.9 Å². The summed E-state index contributed by atoms with van der Waals surface area (Å²) >= 11 is 0. The van der Waals surface area contributed by atoms with Crippen LogP contribution in [0.5, 0.6) is 5.75 Å². The van der Waals surface area contributed by atoms with Gasteiger partial charge < -0.3 is 19.9 Å². The van der Waals surface area contributed by atoms with Crippen molar-refractivity contribution in [3.8, 4) is 16.9 Å². The van der Waals surface area contributed by atoms with Gasteiger partial charge in [0, 0.05) is 13.7 Å². The average Bonchev–Trinajstić information content (AvgIpc) is 2.86. The highest BCUT2D eigenvalue weighted by molar-refractivity contribution is 7.89. The molecular weight excluding hydrogens is 480 g/mol. The highest BCUT2D eigenvalue weighted by Gasteiger charge is 2.17. The lowest BCUT2D eigenvalue weighted by Crippen LogP contribution is -2.29. The Morgan fingerprint density at radius 2 is 1.67 bits per heavy atom. The van der Waals surface area contributed by atoms with E-state index in [4.69, 9.17) is 9.47 Å². The van der Waals surface area contributed by atoms with Gasteiger partial charge in [-0.15, -0.1) is 0 Å². The zero-order valence-corrected chi connectivity index (χ0v) is 21.3. The molecule has 0 aliphatic heterocycles. The van der Waals surface area contributed by atoms with Crippen LogP contribution >= 0.6 is 0 Å². The molecule has 0 spiro atoms. The van der Waals surface area contributed by atoms with Crippen molar-refractivity contribution in [1.82, 2.24) is 10.0 Å². The van der Waals surface area contributed by atoms with Crippen LogP contribution in [0.25, 0.3) is 11.1 Å². The number of aliphatic hydroxyl groups excluding tert-OH is 1. The summed E-state index contributed by atoms with van der Waals surface area (Å²) in [5.41, 5.74) is 3.91. The molecule has 0 aromatic heterocycles. The summed E-state index contributed by atoms with van der Waals surface area (Å²) in [6.45, 7) is 1.74. The summed E-state index contributed by atoms with van der Waals surface area (Å²) in [6, 6.07) is 22.6. The number of sulfonamides is 1. The summed E-state index contributed by atoms with van der Waals surface area (Å²) in [5, 5.41) is 13.5. The Labute approximate surface area is 212 Å². The van der Waals surface area contributed by atoms with E-state index in [1.54, 1.807) is 25.3 Å². The third kappa shape index (κ3) is 8.46. The third-order valence-electron chi connectivity index (χ3n) is 5.45. The van der Waals surface area contributed by atoms with Crippen LogP contribution in [0.1, 0.15) is 27.6 Å². The highest BCUT2D eigenvalue weighted by atomic mass is 32.2. The molecule has 0 radical (unpaired) electrons. The van der Waals surface area contributed by atoms with Crippen molar-refractivity contribution in [2.75, 3.05) is 39.7 Å². The van der Waals surface area contributed by atoms with Crippen LogP contribution < -0.4 is 14.8 Å². The van der Waals surface area contributed by atoms with E-state index in [0.717, 1.165) is 41.5 Å². The predicted octanol–water partition coefficient (Wildman–Crippen LogP) is 2.93. The maximum Gasteiger partial charge on any atom is 0.268 e. The lowest BCUT2D eigenvalue weighted by molar-refractivity contribution is 0.0973. The first-order valence-corrected chi connectivity index (χ1v) is 13.5. The van der Waals surface area contributed by atoms with Crippen molar-refractivity contribution >= 4 is 15.9 Å². The number of rotatable bonds is 13. The smallest absolute Gasteiger partial charge is 0.268 e. The first-order valence-electron chi connectivity index (χ1n) is 11.6. The Balaban J connectivity index is 1.63. The molecule has 3 rings (SSSR count). The first kappa shape index (κ1) is 27.3. The minimum absolute atomic E-state index is 0.126. The lowest BCUT2D eigenvalue weighted by atomic mass is 10.0. The number of methoxy groups -OCH3 is 1. The number of carbonyl (C=O) groups excluding carboxylic acids is 1. The number of nitrogens with one attached hydrogen (secondary N) is 2. The van der Waals surface area contributed by atoms with Gasteiger partial charge in [0.1, 0.15) is 12.4 Å². The van der Waals surface area contributed by atoms with E-state index < -0.39 is 22.0 Å². The standard InChI is InChI=1S/C27H32N2O6S/c1-34-16-17-35-26-18-23(12-13-24(26)27(31)29-36(2,32)33)21-10-8-20(9-11-21)14-15-28-19-25(30)22-6-4-3-5-7-22/h3-13,18,25,28,30H,14-17,19H2,1-2H3,(H,29,31)/t25-/m0/s1. The molecule has 0 aliphatic carbocycles. The van der Waals surface area contributed by atoms with E-state index in [2.05, 4.69) is 5.32 Å². The molecule has 0 aliphatic rings. The zero-order chi connectivity index (χ0) is 26.0. The summed E-state index contributed by atoms with van der Waals surface area (Å²) in [6.07, 6.45) is 1.18. The van der Waals surface area contributed by atoms with E-state index in [1.807, 2.05) is 59.3 Å². The molecule has 1 amide bonds. The molecule has 192 valence electrons. The first-order chi connectivity index (χ1) is 17.3. The van der Waals surface area contributed by atoms with Gasteiger partial charge in [0.05, 0.1) is 24.5 Å². The number of carbonyl (C=O) groups is 1. The highest BCUT2D eigenvalue weighted by Crippen LogP contribution is 2.28. The lowest BCUT2D eigenvalue weighted by Gasteiger charge is -2.14. The van der Waals surface area contributed by atoms with Crippen LogP contribution in [0, 0.1) is 0 Å². The Morgan fingerprint density at radius 1 is 0.972 bits per heavy atom. The number of ether oxygens (including phenoxy) is 2. The van der Waals surface area contributed by atoms with Gasteiger partial charge in [-0.1, -0.05) is 60.7 Å². The van der Waals surface area contributed by atoms with E-state index in [0.29, 0.717) is 13.2 Å². The number of benzene rings is 3. The fourth-order valence-electron chi connectivity index (χ4n) is 3.60. The minimum atomic E-state index is -3.71. The second kappa shape index (κ2) is 13.2. The molecule has 8 nitrogen and oxygen atoms in total. The molecule has 3 N–H and O–H groups in total. The summed E-state index contributed by atoms with van der Waals surface area (Å²) in [4.78, 5) is 12.4. The van der Waals surface area contributed by atoms with Crippen LogP contribution in [0.4, 0.5) is 0 Å². The molecule has 1 atom stereocenters. The Kier molecular flexibility index (Phi) is 10.0. The van der Waals surface area contributed by atoms with Crippen LogP contribution in [0.2, 0.25) is 0 Å². The third-order valence-corrected chi connectivity index (χ3v) is 6.01. The molecule has 36 heavy (non-hydrogen) atoms. The molecule has 0 saturated carbocycles. The fraction of sp³-hybridized carbons (Fsp3) is 0.296. The van der Waals surface area contributed by atoms with Crippen LogP contribution in [-0.2, 0) is 21.2 Å². The Morgan fingerprint density at radius 3 is 2.33 bits per heavy atom. The summed E-state index contributed by atoms with van der Waals surface area (Å²) < 4.78 is 35.7. The van der Waals surface area contributed by atoms with Crippen molar-refractivity contribution in [3.63, 3.8) is 0 Å². The number of aliphatic hydroxyl groups is 1. The van der Waals surface area contributed by atoms with Gasteiger partial charge in [-0.25, -0.2) is 13.1 Å². The molecule has 3 aromatic carbocycles. The maximum absolute atomic E-state index is 12.4. The Hall–Kier alpha value is -3.24. The van der Waals surface area contributed by atoms with Gasteiger partial charge in [0.2, 0.25) is 10.0 Å². The molecule has 0 bridgehead atoms. The Bertz CT molecular complexity index is 1230. The quantitative estimate of drug-likeness (QED) is 0.302. The van der Waals surface area contributed by atoms with Crippen LogP contribution in [-0.4, -0.2) is 59.1 Å². The predicted molar refractivity (Wildman–Crippen MR) is 140 cm³/mol. The van der Waals surface area contributed by atoms with Gasteiger partial charge >= 0.3 is 0 Å². The van der Waals surface area contributed by atoms with Gasteiger partial charge in [0.25, 0.3) is 5.91 Å². The second-order valence-corrected chi connectivity index (χ2v) is 10.1.